The van der Waals surface area contributed by atoms with Crippen molar-refractivity contribution in [3.63, 3.8) is 0 Å². The second-order valence-electron chi connectivity index (χ2n) is 5.89. The first-order valence-electron chi connectivity index (χ1n) is 8.46. The topological polar surface area (TPSA) is 55.4 Å². The molecule has 3 aromatic rings. The molecule has 0 bridgehead atoms. The first-order valence-corrected chi connectivity index (χ1v) is 8.46. The number of carbonyl (C=O) groups is 2. The average Bonchev–Trinajstić information content (AvgIpc) is 2.70. The molecule has 1 N–H and O–H groups in total. The minimum Gasteiger partial charge on any atom is -0.455 e. The number of hydrogen-bond donors (Lipinski definition) is 1. The summed E-state index contributed by atoms with van der Waals surface area (Å²) in [4.78, 5) is 24.7. The van der Waals surface area contributed by atoms with Gasteiger partial charge < -0.3 is 10.1 Å². The fourth-order valence-corrected chi connectivity index (χ4v) is 2.72. The fraction of sp³-hybridized carbons (Fsp3) is 0.0909. The molecule has 0 aromatic heterocycles. The van der Waals surface area contributed by atoms with Crippen molar-refractivity contribution in [1.82, 2.24) is 0 Å². The molecule has 5 heteroatoms. The highest BCUT2D eigenvalue weighted by molar-refractivity contribution is 5.93. The van der Waals surface area contributed by atoms with Crippen molar-refractivity contribution < 1.29 is 18.7 Å². The monoisotopic (exact) mass is 363 g/mol. The molecule has 3 rings (SSSR count). The SMILES string of the molecule is O=C(COC(=O)C(c1ccccc1)c1ccccc1)Nc1ccccc1F. The quantitative estimate of drug-likeness (QED) is 0.670. The van der Waals surface area contributed by atoms with Crippen LogP contribution in [-0.4, -0.2) is 18.5 Å². The van der Waals surface area contributed by atoms with Crippen molar-refractivity contribution in [1.29, 1.82) is 0 Å². The van der Waals surface area contributed by atoms with Crippen molar-refractivity contribution in [3.8, 4) is 0 Å². The van der Waals surface area contributed by atoms with E-state index >= 15 is 0 Å². The number of halogens is 1. The Morgan fingerprint density at radius 1 is 0.815 bits per heavy atom. The van der Waals surface area contributed by atoms with Crippen LogP contribution in [0.25, 0.3) is 0 Å². The summed E-state index contributed by atoms with van der Waals surface area (Å²) < 4.78 is 18.8. The van der Waals surface area contributed by atoms with Crippen LogP contribution in [0.1, 0.15) is 17.0 Å². The van der Waals surface area contributed by atoms with Gasteiger partial charge in [-0.1, -0.05) is 72.8 Å². The molecule has 0 fully saturated rings. The second kappa shape index (κ2) is 8.76. The summed E-state index contributed by atoms with van der Waals surface area (Å²) in [6.07, 6.45) is 0. The zero-order valence-electron chi connectivity index (χ0n) is 14.5. The fourth-order valence-electron chi connectivity index (χ4n) is 2.72. The molecule has 0 aliphatic rings. The molecule has 0 saturated heterocycles. The van der Waals surface area contributed by atoms with E-state index < -0.39 is 30.2 Å². The van der Waals surface area contributed by atoms with Crippen LogP contribution in [0.2, 0.25) is 0 Å². The normalized spacial score (nSPS) is 10.4. The van der Waals surface area contributed by atoms with Gasteiger partial charge in [0.1, 0.15) is 11.7 Å². The van der Waals surface area contributed by atoms with E-state index in [4.69, 9.17) is 4.74 Å². The van der Waals surface area contributed by atoms with Crippen molar-refractivity contribution in [2.45, 2.75) is 5.92 Å². The number of benzene rings is 3. The van der Waals surface area contributed by atoms with Crippen LogP contribution >= 0.6 is 0 Å². The highest BCUT2D eigenvalue weighted by atomic mass is 19.1. The Hall–Kier alpha value is -3.47. The van der Waals surface area contributed by atoms with Crippen LogP contribution in [0.5, 0.6) is 0 Å². The Morgan fingerprint density at radius 3 is 1.89 bits per heavy atom. The molecule has 4 nitrogen and oxygen atoms in total. The molecule has 0 spiro atoms. The molecular formula is C22H18FNO3. The largest absolute Gasteiger partial charge is 0.455 e. The van der Waals surface area contributed by atoms with E-state index in [2.05, 4.69) is 5.32 Å². The third-order valence-corrected chi connectivity index (χ3v) is 3.99. The molecule has 0 aliphatic carbocycles. The van der Waals surface area contributed by atoms with E-state index in [9.17, 15) is 14.0 Å². The number of nitrogens with one attached hydrogen (secondary N) is 1. The molecule has 0 heterocycles. The van der Waals surface area contributed by atoms with Gasteiger partial charge in [-0.15, -0.1) is 0 Å². The lowest BCUT2D eigenvalue weighted by atomic mass is 9.91. The highest BCUT2D eigenvalue weighted by Crippen LogP contribution is 2.26. The third-order valence-electron chi connectivity index (χ3n) is 3.99. The van der Waals surface area contributed by atoms with Crippen LogP contribution in [0.4, 0.5) is 10.1 Å². The molecule has 0 unspecified atom stereocenters. The summed E-state index contributed by atoms with van der Waals surface area (Å²) in [5.41, 5.74) is 1.58. The van der Waals surface area contributed by atoms with Gasteiger partial charge in [-0.2, -0.15) is 0 Å². The standard InChI is InChI=1S/C22H18FNO3/c23-18-13-7-8-14-19(18)24-20(25)15-27-22(26)21(16-9-3-1-4-10-16)17-11-5-2-6-12-17/h1-14,21H,15H2,(H,24,25). The van der Waals surface area contributed by atoms with E-state index in [1.165, 1.54) is 18.2 Å². The molecule has 136 valence electrons. The van der Waals surface area contributed by atoms with E-state index in [-0.39, 0.29) is 5.69 Å². The summed E-state index contributed by atoms with van der Waals surface area (Å²) in [6, 6.07) is 24.2. The highest BCUT2D eigenvalue weighted by Gasteiger charge is 2.24. The number of esters is 1. The summed E-state index contributed by atoms with van der Waals surface area (Å²) in [5.74, 6) is -2.35. The van der Waals surface area contributed by atoms with Gasteiger partial charge in [-0.3, -0.25) is 9.59 Å². The van der Waals surface area contributed by atoms with Gasteiger partial charge in [0.25, 0.3) is 5.91 Å². The maximum absolute atomic E-state index is 13.6. The number of para-hydroxylation sites is 1. The minimum absolute atomic E-state index is 0.0428. The van der Waals surface area contributed by atoms with Crippen molar-refractivity contribution in [3.05, 3.63) is 102 Å². The summed E-state index contributed by atoms with van der Waals surface area (Å²) in [6.45, 7) is -0.497. The maximum atomic E-state index is 13.6. The Bertz CT molecular complexity index is 874. The van der Waals surface area contributed by atoms with Gasteiger partial charge in [0.2, 0.25) is 0 Å². The van der Waals surface area contributed by atoms with E-state index in [0.717, 1.165) is 11.1 Å². The van der Waals surface area contributed by atoms with E-state index in [1.54, 1.807) is 6.07 Å². The lowest BCUT2D eigenvalue weighted by Crippen LogP contribution is -2.24. The smallest absolute Gasteiger partial charge is 0.318 e. The van der Waals surface area contributed by atoms with Crippen LogP contribution in [-0.2, 0) is 14.3 Å². The van der Waals surface area contributed by atoms with Crippen LogP contribution in [0, 0.1) is 5.82 Å². The Morgan fingerprint density at radius 2 is 1.33 bits per heavy atom. The summed E-state index contributed by atoms with van der Waals surface area (Å²) >= 11 is 0. The third kappa shape index (κ3) is 4.79. The lowest BCUT2D eigenvalue weighted by molar-refractivity contribution is -0.147. The Kier molecular flexibility index (Phi) is 5.94. The number of ether oxygens (including phenoxy) is 1. The van der Waals surface area contributed by atoms with Gasteiger partial charge >= 0.3 is 5.97 Å². The van der Waals surface area contributed by atoms with Crippen LogP contribution in [0.3, 0.4) is 0 Å². The van der Waals surface area contributed by atoms with Gasteiger partial charge in [0, 0.05) is 0 Å². The number of anilines is 1. The molecule has 0 radical (unpaired) electrons. The van der Waals surface area contributed by atoms with Crippen molar-refractivity contribution >= 4 is 17.6 Å². The first kappa shape index (κ1) is 18.3. The predicted octanol–water partition coefficient (Wildman–Crippen LogP) is 4.14. The number of hydrogen-bond acceptors (Lipinski definition) is 3. The molecular weight excluding hydrogens is 345 g/mol. The van der Waals surface area contributed by atoms with Gasteiger partial charge in [0.05, 0.1) is 5.69 Å². The maximum Gasteiger partial charge on any atom is 0.318 e. The van der Waals surface area contributed by atoms with Crippen molar-refractivity contribution in [2.75, 3.05) is 11.9 Å². The van der Waals surface area contributed by atoms with Gasteiger partial charge in [-0.25, -0.2) is 4.39 Å². The second-order valence-corrected chi connectivity index (χ2v) is 5.89. The van der Waals surface area contributed by atoms with E-state index in [0.29, 0.717) is 0 Å². The summed E-state index contributed by atoms with van der Waals surface area (Å²) in [5, 5.41) is 2.39. The number of carbonyl (C=O) groups excluding carboxylic acids is 2. The van der Waals surface area contributed by atoms with E-state index in [1.807, 2.05) is 60.7 Å². The first-order chi connectivity index (χ1) is 13.1. The molecule has 27 heavy (non-hydrogen) atoms. The number of amides is 1. The Balaban J connectivity index is 1.70. The van der Waals surface area contributed by atoms with Crippen molar-refractivity contribution in [2.24, 2.45) is 0 Å². The lowest BCUT2D eigenvalue weighted by Gasteiger charge is -2.17. The number of rotatable bonds is 6. The minimum atomic E-state index is -0.645. The summed E-state index contributed by atoms with van der Waals surface area (Å²) in [7, 11) is 0. The van der Waals surface area contributed by atoms with Gasteiger partial charge in [-0.05, 0) is 23.3 Å². The van der Waals surface area contributed by atoms with Gasteiger partial charge in [0.15, 0.2) is 6.61 Å². The predicted molar refractivity (Wildman–Crippen MR) is 101 cm³/mol. The zero-order valence-corrected chi connectivity index (χ0v) is 14.5. The molecule has 3 aromatic carbocycles. The molecule has 0 saturated carbocycles. The molecule has 0 atom stereocenters. The Labute approximate surface area is 156 Å². The molecule has 1 amide bonds. The van der Waals surface area contributed by atoms with Crippen LogP contribution in [0.15, 0.2) is 84.9 Å². The average molecular weight is 363 g/mol. The zero-order chi connectivity index (χ0) is 19.1. The molecule has 0 aliphatic heterocycles. The van der Waals surface area contributed by atoms with Crippen LogP contribution < -0.4 is 5.32 Å².